The van der Waals surface area contributed by atoms with Crippen LogP contribution in [0.2, 0.25) is 0 Å². The van der Waals surface area contributed by atoms with Crippen molar-refractivity contribution in [3.63, 3.8) is 0 Å². The van der Waals surface area contributed by atoms with Gasteiger partial charge in [-0.15, -0.1) is 0 Å². The molecule has 0 aromatic heterocycles. The first kappa shape index (κ1) is 9.47. The lowest BCUT2D eigenvalue weighted by Gasteiger charge is -2.06. The van der Waals surface area contributed by atoms with Crippen LogP contribution in [0.1, 0.15) is 11.6 Å². The Morgan fingerprint density at radius 3 is 2.54 bits per heavy atom. The second kappa shape index (κ2) is 3.40. The van der Waals surface area contributed by atoms with Crippen LogP contribution in [0.25, 0.3) is 0 Å². The Hall–Kier alpha value is -1.62. The molecule has 0 saturated heterocycles. The van der Waals surface area contributed by atoms with Gasteiger partial charge in [-0.1, -0.05) is 0 Å². The number of aliphatic carboxylic acids is 1. The Morgan fingerprint density at radius 2 is 2.08 bits per heavy atom. The van der Waals surface area contributed by atoms with Crippen molar-refractivity contribution < 1.29 is 19.4 Å². The van der Waals surface area contributed by atoms with Gasteiger partial charge < -0.3 is 15.9 Å². The number of hydrogen-bond acceptors (Lipinski definition) is 3. The van der Waals surface area contributed by atoms with Crippen LogP contribution in [-0.4, -0.2) is 16.2 Å². The summed E-state index contributed by atoms with van der Waals surface area (Å²) in [5.74, 6) is -2.33. The zero-order chi connectivity index (χ0) is 10.0. The monoisotopic (exact) mass is 185 g/mol. The third-order valence-corrected chi connectivity index (χ3v) is 1.53. The van der Waals surface area contributed by atoms with Gasteiger partial charge in [0, 0.05) is 6.07 Å². The number of benzene rings is 1. The quantitative estimate of drug-likeness (QED) is 0.630. The summed E-state index contributed by atoms with van der Waals surface area (Å²) >= 11 is 0. The molecule has 0 aliphatic rings. The molecule has 0 aliphatic heterocycles. The predicted octanol–water partition coefficient (Wildman–Crippen LogP) is 0.616. The van der Waals surface area contributed by atoms with E-state index in [1.165, 1.54) is 0 Å². The fourth-order valence-corrected chi connectivity index (χ4v) is 0.918. The van der Waals surface area contributed by atoms with Gasteiger partial charge in [-0.2, -0.15) is 0 Å². The highest BCUT2D eigenvalue weighted by Gasteiger charge is 2.15. The molecule has 1 rings (SSSR count). The molecule has 4 nitrogen and oxygen atoms in total. The van der Waals surface area contributed by atoms with Gasteiger partial charge in [-0.3, -0.25) is 4.79 Å². The summed E-state index contributed by atoms with van der Waals surface area (Å²) in [6.45, 7) is 0. The van der Waals surface area contributed by atoms with E-state index in [0.717, 1.165) is 18.2 Å². The van der Waals surface area contributed by atoms with Gasteiger partial charge in [-0.05, 0) is 17.7 Å². The van der Waals surface area contributed by atoms with Crippen LogP contribution >= 0.6 is 0 Å². The van der Waals surface area contributed by atoms with E-state index in [-0.39, 0.29) is 11.3 Å². The van der Waals surface area contributed by atoms with Crippen molar-refractivity contribution in [2.45, 2.75) is 6.04 Å². The normalized spacial score (nSPS) is 12.5. The zero-order valence-electron chi connectivity index (χ0n) is 6.57. The summed E-state index contributed by atoms with van der Waals surface area (Å²) in [7, 11) is 0. The molecule has 0 radical (unpaired) electrons. The molecule has 13 heavy (non-hydrogen) atoms. The van der Waals surface area contributed by atoms with Crippen LogP contribution in [-0.2, 0) is 4.79 Å². The molecule has 0 heterocycles. The molecular formula is C8H8FNO3. The molecule has 4 N–H and O–H groups in total. The van der Waals surface area contributed by atoms with E-state index in [1.54, 1.807) is 0 Å². The van der Waals surface area contributed by atoms with Crippen molar-refractivity contribution in [3.05, 3.63) is 29.6 Å². The van der Waals surface area contributed by atoms with Crippen molar-refractivity contribution in [2.24, 2.45) is 5.73 Å². The van der Waals surface area contributed by atoms with Crippen molar-refractivity contribution in [3.8, 4) is 5.75 Å². The van der Waals surface area contributed by atoms with E-state index in [1.807, 2.05) is 0 Å². The summed E-state index contributed by atoms with van der Waals surface area (Å²) in [4.78, 5) is 10.4. The average molecular weight is 185 g/mol. The minimum Gasteiger partial charge on any atom is -0.508 e. The second-order valence-corrected chi connectivity index (χ2v) is 2.56. The van der Waals surface area contributed by atoms with Crippen LogP contribution in [0.15, 0.2) is 18.2 Å². The minimum absolute atomic E-state index is 0.0324. The van der Waals surface area contributed by atoms with Crippen LogP contribution < -0.4 is 5.73 Å². The second-order valence-electron chi connectivity index (χ2n) is 2.56. The van der Waals surface area contributed by atoms with Gasteiger partial charge in [-0.25, -0.2) is 4.39 Å². The maximum atomic E-state index is 12.6. The Morgan fingerprint density at radius 1 is 1.46 bits per heavy atom. The Balaban J connectivity index is 3.07. The van der Waals surface area contributed by atoms with Gasteiger partial charge in [0.1, 0.15) is 17.6 Å². The van der Waals surface area contributed by atoms with E-state index in [9.17, 15) is 9.18 Å². The van der Waals surface area contributed by atoms with Gasteiger partial charge in [0.15, 0.2) is 0 Å². The van der Waals surface area contributed by atoms with Gasteiger partial charge in [0.05, 0.1) is 0 Å². The van der Waals surface area contributed by atoms with Gasteiger partial charge in [0.2, 0.25) is 0 Å². The molecule has 0 spiro atoms. The molecule has 0 bridgehead atoms. The molecule has 1 aromatic carbocycles. The van der Waals surface area contributed by atoms with E-state index < -0.39 is 17.8 Å². The van der Waals surface area contributed by atoms with Crippen molar-refractivity contribution in [1.29, 1.82) is 0 Å². The number of hydrogen-bond donors (Lipinski definition) is 3. The first-order chi connectivity index (χ1) is 6.00. The number of nitrogens with two attached hydrogens (primary N) is 1. The van der Waals surface area contributed by atoms with E-state index >= 15 is 0 Å². The molecule has 1 unspecified atom stereocenters. The maximum Gasteiger partial charge on any atom is 0.325 e. The lowest BCUT2D eigenvalue weighted by molar-refractivity contribution is -0.138. The minimum atomic E-state index is -1.32. The standard InChI is InChI=1S/C8H8FNO3/c9-5-1-4(2-6(11)3-5)7(10)8(12)13/h1-3,7,11H,10H2,(H,12,13). The van der Waals surface area contributed by atoms with Crippen molar-refractivity contribution >= 4 is 5.97 Å². The molecule has 0 saturated carbocycles. The summed E-state index contributed by atoms with van der Waals surface area (Å²) in [6.07, 6.45) is 0. The number of aromatic hydroxyl groups is 1. The number of rotatable bonds is 2. The third kappa shape index (κ3) is 2.16. The number of phenolic OH excluding ortho intramolecular Hbond substituents is 1. The number of carboxylic acids is 1. The average Bonchev–Trinajstić information content (AvgIpc) is 2.01. The predicted molar refractivity (Wildman–Crippen MR) is 42.6 cm³/mol. The fraction of sp³-hybridized carbons (Fsp3) is 0.125. The molecule has 5 heteroatoms. The summed E-state index contributed by atoms with van der Waals surface area (Å²) in [5.41, 5.74) is 5.23. The number of halogens is 1. The largest absolute Gasteiger partial charge is 0.508 e. The lowest BCUT2D eigenvalue weighted by Crippen LogP contribution is -2.20. The van der Waals surface area contributed by atoms with Crippen LogP contribution in [0.4, 0.5) is 4.39 Å². The number of carboxylic acid groups (broad SMARTS) is 1. The van der Waals surface area contributed by atoms with E-state index in [0.29, 0.717) is 0 Å². The maximum absolute atomic E-state index is 12.6. The lowest BCUT2D eigenvalue weighted by atomic mass is 10.1. The van der Waals surface area contributed by atoms with Crippen LogP contribution in [0.5, 0.6) is 5.75 Å². The van der Waals surface area contributed by atoms with Gasteiger partial charge in [0.25, 0.3) is 0 Å². The number of phenols is 1. The molecule has 0 amide bonds. The fourth-order valence-electron chi connectivity index (χ4n) is 0.918. The highest BCUT2D eigenvalue weighted by atomic mass is 19.1. The molecular weight excluding hydrogens is 177 g/mol. The SMILES string of the molecule is NC(C(=O)O)c1cc(O)cc(F)c1. The molecule has 0 fully saturated rings. The highest BCUT2D eigenvalue weighted by molar-refractivity contribution is 5.75. The first-order valence-corrected chi connectivity index (χ1v) is 3.48. The molecule has 1 atom stereocenters. The van der Waals surface area contributed by atoms with E-state index in [2.05, 4.69) is 0 Å². The van der Waals surface area contributed by atoms with Crippen molar-refractivity contribution in [2.75, 3.05) is 0 Å². The summed E-state index contributed by atoms with van der Waals surface area (Å²) in [5, 5.41) is 17.4. The van der Waals surface area contributed by atoms with Crippen LogP contribution in [0.3, 0.4) is 0 Å². The number of carbonyl (C=O) groups is 1. The van der Waals surface area contributed by atoms with Crippen LogP contribution in [0, 0.1) is 5.82 Å². The Bertz CT molecular complexity index is 320. The molecule has 70 valence electrons. The highest BCUT2D eigenvalue weighted by Crippen LogP contribution is 2.19. The summed E-state index contributed by atoms with van der Waals surface area (Å²) < 4.78 is 12.6. The smallest absolute Gasteiger partial charge is 0.325 e. The van der Waals surface area contributed by atoms with Crippen molar-refractivity contribution in [1.82, 2.24) is 0 Å². The Labute approximate surface area is 73.4 Å². The molecule has 1 aromatic rings. The third-order valence-electron chi connectivity index (χ3n) is 1.53. The summed E-state index contributed by atoms with van der Waals surface area (Å²) in [6, 6.07) is 1.64. The molecule has 0 aliphatic carbocycles. The van der Waals surface area contributed by atoms with E-state index in [4.69, 9.17) is 15.9 Å². The Kier molecular flexibility index (Phi) is 2.48. The zero-order valence-corrected chi connectivity index (χ0v) is 6.57. The topological polar surface area (TPSA) is 83.6 Å². The first-order valence-electron chi connectivity index (χ1n) is 3.48. The van der Waals surface area contributed by atoms with Gasteiger partial charge >= 0.3 is 5.97 Å².